The molecule has 2 rings (SSSR count). The molecule has 0 radical (unpaired) electrons. The van der Waals surface area contributed by atoms with Crippen molar-refractivity contribution in [3.05, 3.63) is 33.4 Å². The topological polar surface area (TPSA) is 15.3 Å². The van der Waals surface area contributed by atoms with Gasteiger partial charge in [0, 0.05) is 28.7 Å². The van der Waals surface area contributed by atoms with E-state index in [-0.39, 0.29) is 0 Å². The lowest BCUT2D eigenvalue weighted by atomic mass is 9.98. The normalized spacial score (nSPS) is 26.2. The highest BCUT2D eigenvalue weighted by molar-refractivity contribution is 14.1. The lowest BCUT2D eigenvalue weighted by Crippen LogP contribution is -2.43. The van der Waals surface area contributed by atoms with E-state index in [1.165, 1.54) is 28.5 Å². The average molecular weight is 386 g/mol. The molecule has 1 aliphatic heterocycles. The van der Waals surface area contributed by atoms with Crippen LogP contribution in [-0.2, 0) is 6.54 Å². The maximum atomic E-state index is 3.74. The Bertz CT molecular complexity index is 404. The van der Waals surface area contributed by atoms with Crippen molar-refractivity contribution in [2.24, 2.45) is 5.92 Å². The van der Waals surface area contributed by atoms with Crippen LogP contribution in [0.3, 0.4) is 0 Å². The van der Waals surface area contributed by atoms with Gasteiger partial charge in [0.05, 0.1) is 0 Å². The summed E-state index contributed by atoms with van der Waals surface area (Å²) in [7, 11) is 0. The highest BCUT2D eigenvalue weighted by Crippen LogP contribution is 2.19. The smallest absolute Gasteiger partial charge is 0.0237 e. The number of hydrogen-bond donors (Lipinski definition) is 1. The van der Waals surface area contributed by atoms with Crippen molar-refractivity contribution in [3.63, 3.8) is 0 Å². The zero-order valence-electron chi connectivity index (χ0n) is 12.9. The van der Waals surface area contributed by atoms with E-state index in [0.29, 0.717) is 12.1 Å². The molecule has 0 aliphatic carbocycles. The van der Waals surface area contributed by atoms with Crippen LogP contribution in [0.5, 0.6) is 0 Å². The first-order valence-electron chi connectivity index (χ1n) is 7.82. The van der Waals surface area contributed by atoms with Crippen molar-refractivity contribution < 1.29 is 0 Å². The first-order valence-corrected chi connectivity index (χ1v) is 8.90. The molecule has 0 saturated carbocycles. The summed E-state index contributed by atoms with van der Waals surface area (Å²) in [5, 5.41) is 3.74. The van der Waals surface area contributed by atoms with Gasteiger partial charge in [-0.2, -0.15) is 0 Å². The Balaban J connectivity index is 2.04. The summed E-state index contributed by atoms with van der Waals surface area (Å²) >= 11 is 2.37. The molecule has 1 saturated heterocycles. The van der Waals surface area contributed by atoms with Gasteiger partial charge in [0.15, 0.2) is 0 Å². The molecule has 0 aromatic heterocycles. The van der Waals surface area contributed by atoms with Gasteiger partial charge in [-0.25, -0.2) is 0 Å². The molecule has 1 aliphatic rings. The Labute approximate surface area is 137 Å². The van der Waals surface area contributed by atoms with Crippen LogP contribution in [0.25, 0.3) is 0 Å². The Kier molecular flexibility index (Phi) is 6.30. The van der Waals surface area contributed by atoms with Crippen molar-refractivity contribution in [2.75, 3.05) is 13.1 Å². The van der Waals surface area contributed by atoms with Gasteiger partial charge >= 0.3 is 0 Å². The zero-order valence-corrected chi connectivity index (χ0v) is 15.1. The van der Waals surface area contributed by atoms with E-state index in [1.54, 1.807) is 0 Å². The number of halogens is 1. The summed E-state index contributed by atoms with van der Waals surface area (Å²) in [6.45, 7) is 10.4. The SMILES string of the molecule is CCC(C)C1CN(Cc2ccc(I)cc2)C(C)CCN1. The lowest BCUT2D eigenvalue weighted by Gasteiger charge is -2.31. The molecule has 0 bridgehead atoms. The van der Waals surface area contributed by atoms with E-state index in [9.17, 15) is 0 Å². The predicted octanol–water partition coefficient (Wildman–Crippen LogP) is 3.89. The van der Waals surface area contributed by atoms with E-state index < -0.39 is 0 Å². The molecule has 1 fully saturated rings. The van der Waals surface area contributed by atoms with Crippen LogP contribution in [0.1, 0.15) is 39.2 Å². The molecule has 1 aromatic carbocycles. The third-order valence-corrected chi connectivity index (χ3v) is 5.37. The van der Waals surface area contributed by atoms with Crippen molar-refractivity contribution in [2.45, 2.75) is 52.2 Å². The fourth-order valence-corrected chi connectivity index (χ4v) is 3.23. The Morgan fingerprint density at radius 1 is 1.35 bits per heavy atom. The molecule has 1 aromatic rings. The fraction of sp³-hybridized carbons (Fsp3) is 0.647. The largest absolute Gasteiger partial charge is 0.312 e. The number of benzene rings is 1. The van der Waals surface area contributed by atoms with Crippen LogP contribution in [0.4, 0.5) is 0 Å². The van der Waals surface area contributed by atoms with Crippen LogP contribution in [0.2, 0.25) is 0 Å². The molecule has 3 atom stereocenters. The van der Waals surface area contributed by atoms with Crippen molar-refractivity contribution in [1.29, 1.82) is 0 Å². The Morgan fingerprint density at radius 2 is 2.05 bits per heavy atom. The van der Waals surface area contributed by atoms with Crippen LogP contribution < -0.4 is 5.32 Å². The molecule has 3 unspecified atom stereocenters. The van der Waals surface area contributed by atoms with E-state index in [2.05, 4.69) is 77.8 Å². The van der Waals surface area contributed by atoms with Crippen LogP contribution in [-0.4, -0.2) is 30.1 Å². The van der Waals surface area contributed by atoms with Gasteiger partial charge in [-0.1, -0.05) is 32.4 Å². The van der Waals surface area contributed by atoms with Gasteiger partial charge in [0.1, 0.15) is 0 Å². The average Bonchev–Trinajstić information content (AvgIpc) is 2.63. The van der Waals surface area contributed by atoms with Crippen molar-refractivity contribution >= 4 is 22.6 Å². The fourth-order valence-electron chi connectivity index (χ4n) is 2.87. The molecular formula is C17H27IN2. The summed E-state index contributed by atoms with van der Waals surface area (Å²) in [6, 6.07) is 10.3. The van der Waals surface area contributed by atoms with Gasteiger partial charge in [-0.05, 0) is 66.1 Å². The van der Waals surface area contributed by atoms with Crippen LogP contribution in [0.15, 0.2) is 24.3 Å². The molecule has 1 N–H and O–H groups in total. The quantitative estimate of drug-likeness (QED) is 0.790. The Morgan fingerprint density at radius 3 is 2.70 bits per heavy atom. The minimum absolute atomic E-state index is 0.633. The second-order valence-electron chi connectivity index (χ2n) is 6.14. The van der Waals surface area contributed by atoms with Gasteiger partial charge in [-0.15, -0.1) is 0 Å². The number of nitrogens with zero attached hydrogens (tertiary/aromatic N) is 1. The Hall–Kier alpha value is -0.130. The van der Waals surface area contributed by atoms with E-state index in [0.717, 1.165) is 19.0 Å². The van der Waals surface area contributed by atoms with Gasteiger partial charge in [-0.3, -0.25) is 4.90 Å². The summed E-state index contributed by atoms with van der Waals surface area (Å²) in [5.41, 5.74) is 1.43. The molecular weight excluding hydrogens is 359 g/mol. The molecule has 2 nitrogen and oxygen atoms in total. The highest BCUT2D eigenvalue weighted by atomic mass is 127. The molecule has 1 heterocycles. The second kappa shape index (κ2) is 7.76. The van der Waals surface area contributed by atoms with Crippen molar-refractivity contribution in [3.8, 4) is 0 Å². The van der Waals surface area contributed by atoms with Gasteiger partial charge in [0.2, 0.25) is 0 Å². The summed E-state index contributed by atoms with van der Waals surface area (Å²) in [5.74, 6) is 0.750. The summed E-state index contributed by atoms with van der Waals surface area (Å²) < 4.78 is 1.31. The maximum absolute atomic E-state index is 3.74. The van der Waals surface area contributed by atoms with Crippen LogP contribution in [0, 0.1) is 9.49 Å². The first-order chi connectivity index (χ1) is 9.60. The second-order valence-corrected chi connectivity index (χ2v) is 7.39. The van der Waals surface area contributed by atoms with E-state index >= 15 is 0 Å². The molecule has 112 valence electrons. The minimum Gasteiger partial charge on any atom is -0.312 e. The zero-order chi connectivity index (χ0) is 14.5. The highest BCUT2D eigenvalue weighted by Gasteiger charge is 2.25. The van der Waals surface area contributed by atoms with E-state index in [4.69, 9.17) is 0 Å². The number of nitrogens with one attached hydrogen (secondary N) is 1. The summed E-state index contributed by atoms with van der Waals surface area (Å²) in [4.78, 5) is 2.65. The minimum atomic E-state index is 0.633. The molecule has 0 spiro atoms. The molecule has 0 amide bonds. The van der Waals surface area contributed by atoms with Gasteiger partial charge in [0.25, 0.3) is 0 Å². The standard InChI is InChI=1S/C17H27IN2/c1-4-13(2)17-12-20(14(3)9-10-19-17)11-15-5-7-16(18)8-6-15/h5-8,13-14,17,19H,4,9-12H2,1-3H3. The maximum Gasteiger partial charge on any atom is 0.0237 e. The number of hydrogen-bond acceptors (Lipinski definition) is 2. The molecule has 3 heteroatoms. The van der Waals surface area contributed by atoms with Crippen LogP contribution >= 0.6 is 22.6 Å². The lowest BCUT2D eigenvalue weighted by molar-refractivity contribution is 0.180. The summed E-state index contributed by atoms with van der Waals surface area (Å²) in [6.07, 6.45) is 2.50. The first kappa shape index (κ1) is 16.2. The van der Waals surface area contributed by atoms with E-state index in [1.807, 2.05) is 0 Å². The predicted molar refractivity (Wildman–Crippen MR) is 94.9 cm³/mol. The third-order valence-electron chi connectivity index (χ3n) is 4.65. The molecule has 20 heavy (non-hydrogen) atoms. The monoisotopic (exact) mass is 386 g/mol. The van der Waals surface area contributed by atoms with Crippen molar-refractivity contribution in [1.82, 2.24) is 10.2 Å². The van der Waals surface area contributed by atoms with Gasteiger partial charge < -0.3 is 5.32 Å². The third kappa shape index (κ3) is 4.43. The number of rotatable bonds is 4.